The zero-order valence-electron chi connectivity index (χ0n) is 14.8. The van der Waals surface area contributed by atoms with E-state index in [9.17, 15) is 14.7 Å². The van der Waals surface area contributed by atoms with E-state index in [0.717, 1.165) is 11.1 Å². The first kappa shape index (κ1) is 17.8. The van der Waals surface area contributed by atoms with Gasteiger partial charge in [-0.2, -0.15) is 0 Å². The Hall–Kier alpha value is -3.59. The molecule has 3 aromatic rings. The zero-order chi connectivity index (χ0) is 19.5. The highest BCUT2D eigenvalue weighted by atomic mass is 16.7. The number of nitrogens with zero attached hydrogens (tertiary/aromatic N) is 1. The first-order chi connectivity index (χ1) is 13.6. The molecule has 2 amide bonds. The van der Waals surface area contributed by atoms with E-state index in [4.69, 9.17) is 9.47 Å². The minimum absolute atomic E-state index is 0.175. The van der Waals surface area contributed by atoms with E-state index in [1.165, 1.54) is 6.33 Å². The molecule has 0 fully saturated rings. The number of rotatable bonds is 6. The number of benzene rings is 2. The van der Waals surface area contributed by atoms with Crippen molar-refractivity contribution in [3.63, 3.8) is 0 Å². The zero-order valence-corrected chi connectivity index (χ0v) is 14.8. The smallest absolute Gasteiger partial charge is 0.252 e. The minimum Gasteiger partial charge on any atom is -0.454 e. The van der Waals surface area contributed by atoms with Crippen LogP contribution in [-0.2, 0) is 11.3 Å². The van der Waals surface area contributed by atoms with Crippen LogP contribution in [0.4, 0.5) is 0 Å². The molecule has 144 valence electrons. The van der Waals surface area contributed by atoms with Crippen LogP contribution in [0, 0.1) is 0 Å². The summed E-state index contributed by atoms with van der Waals surface area (Å²) >= 11 is 0. The Kier molecular flexibility index (Phi) is 4.81. The molecule has 0 spiro atoms. The van der Waals surface area contributed by atoms with E-state index in [1.807, 2.05) is 0 Å². The molecule has 4 N–H and O–H groups in total. The molecule has 28 heavy (non-hydrogen) atoms. The van der Waals surface area contributed by atoms with Gasteiger partial charge in [0, 0.05) is 12.1 Å². The molecular formula is C19H18N4O5. The molecular weight excluding hydrogens is 364 g/mol. The standard InChI is InChI=1S/C19H18N4O5/c24-8-15(23-18(25)12-2-3-13-14(6-12)22-9-21-13)19(26)20-7-11-1-4-16-17(5-11)28-10-27-16/h1-6,9,15,24H,7-8,10H2,(H,20,26)(H,21,22)(H,23,25). The molecule has 4 rings (SSSR count). The van der Waals surface area contributed by atoms with Gasteiger partial charge in [-0.15, -0.1) is 0 Å². The fraction of sp³-hybridized carbons (Fsp3) is 0.211. The maximum absolute atomic E-state index is 12.4. The molecule has 1 aromatic heterocycles. The lowest BCUT2D eigenvalue weighted by atomic mass is 10.1. The van der Waals surface area contributed by atoms with Gasteiger partial charge < -0.3 is 30.2 Å². The van der Waals surface area contributed by atoms with Crippen molar-refractivity contribution in [1.29, 1.82) is 0 Å². The van der Waals surface area contributed by atoms with Crippen LogP contribution in [0.15, 0.2) is 42.7 Å². The molecule has 1 unspecified atom stereocenters. The van der Waals surface area contributed by atoms with Crippen molar-refractivity contribution in [3.8, 4) is 11.5 Å². The van der Waals surface area contributed by atoms with Gasteiger partial charge in [0.2, 0.25) is 12.7 Å². The van der Waals surface area contributed by atoms with Crippen LogP contribution in [0.2, 0.25) is 0 Å². The third kappa shape index (κ3) is 3.60. The Morgan fingerprint density at radius 3 is 2.89 bits per heavy atom. The summed E-state index contributed by atoms with van der Waals surface area (Å²) in [6.07, 6.45) is 1.53. The number of hydrogen-bond acceptors (Lipinski definition) is 6. The van der Waals surface area contributed by atoms with Gasteiger partial charge in [0.15, 0.2) is 11.5 Å². The monoisotopic (exact) mass is 382 g/mol. The lowest BCUT2D eigenvalue weighted by molar-refractivity contribution is -0.124. The number of nitrogens with one attached hydrogen (secondary N) is 3. The Labute approximate surface area is 159 Å². The second-order valence-electron chi connectivity index (χ2n) is 6.25. The highest BCUT2D eigenvalue weighted by Gasteiger charge is 2.21. The number of H-pyrrole nitrogens is 1. The third-order valence-corrected chi connectivity index (χ3v) is 4.39. The van der Waals surface area contributed by atoms with Gasteiger partial charge >= 0.3 is 0 Å². The van der Waals surface area contributed by atoms with E-state index < -0.39 is 24.5 Å². The number of carbonyl (C=O) groups excluding carboxylic acids is 2. The molecule has 0 saturated heterocycles. The van der Waals surface area contributed by atoms with Crippen molar-refractivity contribution in [1.82, 2.24) is 20.6 Å². The highest BCUT2D eigenvalue weighted by molar-refractivity contribution is 5.99. The van der Waals surface area contributed by atoms with Gasteiger partial charge in [-0.3, -0.25) is 9.59 Å². The molecule has 0 bridgehead atoms. The maximum atomic E-state index is 12.4. The van der Waals surface area contributed by atoms with Gasteiger partial charge in [0.1, 0.15) is 6.04 Å². The third-order valence-electron chi connectivity index (χ3n) is 4.39. The second-order valence-corrected chi connectivity index (χ2v) is 6.25. The number of aromatic nitrogens is 2. The number of hydrogen-bond donors (Lipinski definition) is 4. The Morgan fingerprint density at radius 2 is 2.04 bits per heavy atom. The Morgan fingerprint density at radius 1 is 1.18 bits per heavy atom. The van der Waals surface area contributed by atoms with Crippen LogP contribution in [0.1, 0.15) is 15.9 Å². The topological polar surface area (TPSA) is 126 Å². The van der Waals surface area contributed by atoms with Crippen LogP contribution in [0.5, 0.6) is 11.5 Å². The van der Waals surface area contributed by atoms with E-state index in [1.54, 1.807) is 36.4 Å². The van der Waals surface area contributed by atoms with Crippen LogP contribution in [-0.4, -0.2) is 46.3 Å². The number of carbonyl (C=O) groups is 2. The average molecular weight is 382 g/mol. The largest absolute Gasteiger partial charge is 0.454 e. The maximum Gasteiger partial charge on any atom is 0.252 e. The molecule has 0 aliphatic carbocycles. The summed E-state index contributed by atoms with van der Waals surface area (Å²) in [5, 5.41) is 14.8. The molecule has 1 atom stereocenters. The summed E-state index contributed by atoms with van der Waals surface area (Å²) in [5.41, 5.74) is 2.61. The van der Waals surface area contributed by atoms with Crippen LogP contribution < -0.4 is 20.1 Å². The molecule has 2 aromatic carbocycles. The number of aliphatic hydroxyl groups excluding tert-OH is 1. The van der Waals surface area contributed by atoms with E-state index in [0.29, 0.717) is 22.6 Å². The predicted octanol–water partition coefficient (Wildman–Crippen LogP) is 0.699. The van der Waals surface area contributed by atoms with Gasteiger partial charge in [0.25, 0.3) is 5.91 Å². The summed E-state index contributed by atoms with van der Waals surface area (Å²) in [4.78, 5) is 31.8. The molecule has 1 aliphatic rings. The second kappa shape index (κ2) is 7.57. The summed E-state index contributed by atoms with van der Waals surface area (Å²) in [6.45, 7) is -0.124. The molecule has 2 heterocycles. The van der Waals surface area contributed by atoms with E-state index in [-0.39, 0.29) is 13.3 Å². The van der Waals surface area contributed by atoms with Gasteiger partial charge in [-0.1, -0.05) is 6.07 Å². The van der Waals surface area contributed by atoms with Crippen molar-refractivity contribution in [2.45, 2.75) is 12.6 Å². The summed E-state index contributed by atoms with van der Waals surface area (Å²) in [7, 11) is 0. The van der Waals surface area contributed by atoms with Crippen molar-refractivity contribution >= 4 is 22.8 Å². The van der Waals surface area contributed by atoms with Crippen LogP contribution in [0.3, 0.4) is 0 Å². The average Bonchev–Trinajstić information content (AvgIpc) is 3.37. The summed E-state index contributed by atoms with van der Waals surface area (Å²) in [5.74, 6) is 0.322. The summed E-state index contributed by atoms with van der Waals surface area (Å²) < 4.78 is 10.5. The number of aromatic amines is 1. The molecule has 1 aliphatic heterocycles. The predicted molar refractivity (Wildman–Crippen MR) is 98.8 cm³/mol. The highest BCUT2D eigenvalue weighted by Crippen LogP contribution is 2.32. The molecule has 9 heteroatoms. The van der Waals surface area contributed by atoms with Gasteiger partial charge in [-0.25, -0.2) is 4.98 Å². The molecule has 0 radical (unpaired) electrons. The lowest BCUT2D eigenvalue weighted by Gasteiger charge is -2.16. The first-order valence-corrected chi connectivity index (χ1v) is 8.65. The summed E-state index contributed by atoms with van der Waals surface area (Å²) in [6, 6.07) is 9.22. The number of imidazole rings is 1. The van der Waals surface area contributed by atoms with Gasteiger partial charge in [-0.05, 0) is 35.9 Å². The number of ether oxygens (including phenoxy) is 2. The van der Waals surface area contributed by atoms with Gasteiger partial charge in [0.05, 0.1) is 24.0 Å². The minimum atomic E-state index is -1.07. The Balaban J connectivity index is 1.37. The van der Waals surface area contributed by atoms with Crippen molar-refractivity contribution in [2.75, 3.05) is 13.4 Å². The normalized spacial score (nSPS) is 13.3. The van der Waals surface area contributed by atoms with Crippen LogP contribution in [0.25, 0.3) is 11.0 Å². The number of amides is 2. The number of fused-ring (bicyclic) bond motifs is 2. The molecule has 9 nitrogen and oxygen atoms in total. The van der Waals surface area contributed by atoms with Crippen molar-refractivity contribution in [3.05, 3.63) is 53.9 Å². The fourth-order valence-electron chi connectivity index (χ4n) is 2.88. The van der Waals surface area contributed by atoms with Crippen molar-refractivity contribution < 1.29 is 24.2 Å². The Bertz CT molecular complexity index is 1030. The van der Waals surface area contributed by atoms with E-state index >= 15 is 0 Å². The van der Waals surface area contributed by atoms with E-state index in [2.05, 4.69) is 20.6 Å². The van der Waals surface area contributed by atoms with Crippen molar-refractivity contribution in [2.24, 2.45) is 0 Å². The quantitative estimate of drug-likeness (QED) is 0.497. The molecule has 0 saturated carbocycles. The lowest BCUT2D eigenvalue weighted by Crippen LogP contribution is -2.48. The first-order valence-electron chi connectivity index (χ1n) is 8.65. The fourth-order valence-corrected chi connectivity index (χ4v) is 2.88. The number of aliphatic hydroxyl groups is 1. The SMILES string of the molecule is O=C(NC(CO)C(=O)NCc1ccc2c(c1)OCO2)c1ccc2nc[nH]c2c1. The van der Waals surface area contributed by atoms with Crippen LogP contribution >= 0.6 is 0 Å².